The maximum atomic E-state index is 3.70. The van der Waals surface area contributed by atoms with E-state index in [0.29, 0.717) is 6.04 Å². The highest BCUT2D eigenvalue weighted by atomic mass is 79.9. The lowest BCUT2D eigenvalue weighted by Crippen LogP contribution is -2.51. The van der Waals surface area contributed by atoms with Crippen LogP contribution in [0.25, 0.3) is 0 Å². The molecule has 3 heteroatoms. The second kappa shape index (κ2) is 5.94. The molecule has 0 bridgehead atoms. The van der Waals surface area contributed by atoms with Crippen LogP contribution in [0.3, 0.4) is 0 Å². The largest absolute Gasteiger partial charge is 0.312 e. The monoisotopic (exact) mass is 324 g/mol. The van der Waals surface area contributed by atoms with Crippen LogP contribution in [0, 0.1) is 0 Å². The van der Waals surface area contributed by atoms with Gasteiger partial charge in [-0.25, -0.2) is 0 Å². The van der Waals surface area contributed by atoms with Gasteiger partial charge in [-0.15, -0.1) is 0 Å². The first kappa shape index (κ1) is 15.0. The van der Waals surface area contributed by atoms with Gasteiger partial charge in [0, 0.05) is 22.6 Å². The van der Waals surface area contributed by atoms with Crippen LogP contribution in [0.2, 0.25) is 0 Å². The normalized spacial score (nSPS) is 23.5. The summed E-state index contributed by atoms with van der Waals surface area (Å²) < 4.78 is 1.26. The highest BCUT2D eigenvalue weighted by molar-refractivity contribution is 9.10. The molecule has 1 saturated carbocycles. The van der Waals surface area contributed by atoms with Gasteiger partial charge in [0.2, 0.25) is 0 Å². The lowest BCUT2D eigenvalue weighted by atomic mass is 9.75. The Morgan fingerprint density at radius 2 is 1.89 bits per heavy atom. The van der Waals surface area contributed by atoms with Crippen LogP contribution in [-0.4, -0.2) is 37.1 Å². The zero-order valence-electron chi connectivity index (χ0n) is 12.4. The third-order valence-electron chi connectivity index (χ3n) is 4.52. The van der Waals surface area contributed by atoms with Gasteiger partial charge in [0.05, 0.1) is 0 Å². The van der Waals surface area contributed by atoms with Crippen LogP contribution in [0.4, 0.5) is 0 Å². The Morgan fingerprint density at radius 3 is 2.47 bits per heavy atom. The molecule has 0 radical (unpaired) electrons. The predicted octanol–water partition coefficient (Wildman–Crippen LogP) is 3.62. The topological polar surface area (TPSA) is 15.3 Å². The number of halogens is 1. The van der Waals surface area contributed by atoms with E-state index >= 15 is 0 Å². The van der Waals surface area contributed by atoms with Crippen molar-refractivity contribution in [2.24, 2.45) is 0 Å². The molecule has 1 aromatic rings. The molecule has 1 aromatic carbocycles. The van der Waals surface area contributed by atoms with Gasteiger partial charge >= 0.3 is 0 Å². The Hall–Kier alpha value is -0.380. The lowest BCUT2D eigenvalue weighted by molar-refractivity contribution is 0.168. The van der Waals surface area contributed by atoms with E-state index in [1.807, 2.05) is 0 Å². The minimum atomic E-state index is 0.221. The molecule has 0 amide bonds. The van der Waals surface area contributed by atoms with E-state index in [1.165, 1.54) is 22.9 Å². The van der Waals surface area contributed by atoms with Crippen LogP contribution in [0.15, 0.2) is 28.7 Å². The minimum Gasteiger partial charge on any atom is -0.312 e. The number of hydrogen-bond acceptors (Lipinski definition) is 2. The molecule has 0 unspecified atom stereocenters. The first-order valence-corrected chi connectivity index (χ1v) is 7.84. The van der Waals surface area contributed by atoms with Gasteiger partial charge in [-0.3, -0.25) is 0 Å². The standard InChI is InChI=1S/C16H25BrN2/c1-16(2,19(3)4)11-18-13-9-12(10-13)14-7-5-6-8-15(14)17/h5-8,12-13,18H,9-11H2,1-4H3. The summed E-state index contributed by atoms with van der Waals surface area (Å²) in [6, 6.07) is 9.29. The highest BCUT2D eigenvalue weighted by Gasteiger charge is 2.32. The number of nitrogens with one attached hydrogen (secondary N) is 1. The maximum absolute atomic E-state index is 3.70. The average Bonchev–Trinajstić information content (AvgIpc) is 2.29. The van der Waals surface area contributed by atoms with Gasteiger partial charge in [-0.1, -0.05) is 34.1 Å². The van der Waals surface area contributed by atoms with E-state index < -0.39 is 0 Å². The van der Waals surface area contributed by atoms with Crippen molar-refractivity contribution in [1.82, 2.24) is 10.2 Å². The number of rotatable bonds is 5. The molecule has 0 heterocycles. The molecule has 0 aliphatic heterocycles. The molecule has 1 aliphatic rings. The molecule has 0 spiro atoms. The van der Waals surface area contributed by atoms with Gasteiger partial charge in [-0.05, 0) is 58.3 Å². The Bertz CT molecular complexity index is 423. The molecule has 19 heavy (non-hydrogen) atoms. The summed E-state index contributed by atoms with van der Waals surface area (Å²) >= 11 is 3.65. The fraction of sp³-hybridized carbons (Fsp3) is 0.625. The van der Waals surface area contributed by atoms with Crippen molar-refractivity contribution in [3.8, 4) is 0 Å². The molecule has 0 aromatic heterocycles. The van der Waals surface area contributed by atoms with Crippen molar-refractivity contribution in [2.45, 2.75) is 44.2 Å². The first-order valence-electron chi connectivity index (χ1n) is 7.05. The van der Waals surface area contributed by atoms with E-state index in [2.05, 4.69) is 78.4 Å². The Balaban J connectivity index is 1.80. The summed E-state index contributed by atoms with van der Waals surface area (Å²) in [4.78, 5) is 2.28. The first-order chi connectivity index (χ1) is 8.90. The fourth-order valence-electron chi connectivity index (χ4n) is 2.40. The molecule has 2 nitrogen and oxygen atoms in total. The van der Waals surface area contributed by atoms with E-state index in [1.54, 1.807) is 0 Å². The van der Waals surface area contributed by atoms with Crippen LogP contribution < -0.4 is 5.32 Å². The second-order valence-electron chi connectivity index (χ2n) is 6.47. The third-order valence-corrected chi connectivity index (χ3v) is 5.24. The molecule has 1 N–H and O–H groups in total. The zero-order valence-corrected chi connectivity index (χ0v) is 14.0. The molecule has 2 rings (SSSR count). The smallest absolute Gasteiger partial charge is 0.0271 e. The Morgan fingerprint density at radius 1 is 1.26 bits per heavy atom. The van der Waals surface area contributed by atoms with Crippen molar-refractivity contribution in [3.63, 3.8) is 0 Å². The summed E-state index contributed by atoms with van der Waals surface area (Å²) in [5.41, 5.74) is 1.69. The highest BCUT2D eigenvalue weighted by Crippen LogP contribution is 2.40. The molecular formula is C16H25BrN2. The van der Waals surface area contributed by atoms with Crippen LogP contribution in [0.1, 0.15) is 38.2 Å². The quantitative estimate of drug-likeness (QED) is 0.889. The van der Waals surface area contributed by atoms with Gasteiger partial charge in [0.1, 0.15) is 0 Å². The predicted molar refractivity (Wildman–Crippen MR) is 85.7 cm³/mol. The van der Waals surface area contributed by atoms with Crippen molar-refractivity contribution in [3.05, 3.63) is 34.3 Å². The lowest BCUT2D eigenvalue weighted by Gasteiger charge is -2.40. The van der Waals surface area contributed by atoms with Gasteiger partial charge in [-0.2, -0.15) is 0 Å². The van der Waals surface area contributed by atoms with Gasteiger partial charge in [0.25, 0.3) is 0 Å². The summed E-state index contributed by atoms with van der Waals surface area (Å²) in [5.74, 6) is 0.718. The molecule has 0 saturated heterocycles. The SMILES string of the molecule is CN(C)C(C)(C)CNC1CC(c2ccccc2Br)C1. The zero-order chi connectivity index (χ0) is 14.0. The van der Waals surface area contributed by atoms with E-state index in [-0.39, 0.29) is 5.54 Å². The molecule has 1 aliphatic carbocycles. The van der Waals surface area contributed by atoms with Crippen LogP contribution in [-0.2, 0) is 0 Å². The number of benzene rings is 1. The number of hydrogen-bond donors (Lipinski definition) is 1. The fourth-order valence-corrected chi connectivity index (χ4v) is 3.01. The maximum Gasteiger partial charge on any atom is 0.0271 e. The van der Waals surface area contributed by atoms with Crippen molar-refractivity contribution in [2.75, 3.05) is 20.6 Å². The number of likely N-dealkylation sites (N-methyl/N-ethyl adjacent to an activating group) is 1. The molecular weight excluding hydrogens is 300 g/mol. The molecule has 1 fully saturated rings. The van der Waals surface area contributed by atoms with Crippen molar-refractivity contribution >= 4 is 15.9 Å². The second-order valence-corrected chi connectivity index (χ2v) is 7.33. The van der Waals surface area contributed by atoms with Crippen molar-refractivity contribution < 1.29 is 0 Å². The van der Waals surface area contributed by atoms with Gasteiger partial charge < -0.3 is 10.2 Å². The molecule has 106 valence electrons. The Kier molecular flexibility index (Phi) is 4.70. The van der Waals surface area contributed by atoms with E-state index in [4.69, 9.17) is 0 Å². The van der Waals surface area contributed by atoms with Crippen LogP contribution >= 0.6 is 15.9 Å². The molecule has 0 atom stereocenters. The average molecular weight is 325 g/mol. The summed E-state index contributed by atoms with van der Waals surface area (Å²) in [6.07, 6.45) is 2.51. The van der Waals surface area contributed by atoms with E-state index in [0.717, 1.165) is 12.5 Å². The van der Waals surface area contributed by atoms with E-state index in [9.17, 15) is 0 Å². The van der Waals surface area contributed by atoms with Gasteiger partial charge in [0.15, 0.2) is 0 Å². The summed E-state index contributed by atoms with van der Waals surface area (Å²) in [7, 11) is 4.29. The number of nitrogens with zero attached hydrogens (tertiary/aromatic N) is 1. The van der Waals surface area contributed by atoms with Crippen molar-refractivity contribution in [1.29, 1.82) is 0 Å². The summed E-state index contributed by atoms with van der Waals surface area (Å²) in [6.45, 7) is 5.61. The minimum absolute atomic E-state index is 0.221. The Labute approximate surface area is 125 Å². The third kappa shape index (κ3) is 3.59. The summed E-state index contributed by atoms with van der Waals surface area (Å²) in [5, 5.41) is 3.70. The van der Waals surface area contributed by atoms with Crippen LogP contribution in [0.5, 0.6) is 0 Å².